The van der Waals surface area contributed by atoms with Crippen LogP contribution in [0, 0.1) is 5.82 Å². The Morgan fingerprint density at radius 3 is 2.60 bits per heavy atom. The first-order valence-corrected chi connectivity index (χ1v) is 9.63. The average molecular weight is 359 g/mol. The van der Waals surface area contributed by atoms with Crippen LogP contribution in [0.1, 0.15) is 32.1 Å². The first kappa shape index (κ1) is 17.8. The molecule has 0 spiro atoms. The highest BCUT2D eigenvalue weighted by atomic mass is 32.2. The minimum atomic E-state index is -0.249. The Hall–Kier alpha value is -2.01. The van der Waals surface area contributed by atoms with Crippen LogP contribution in [0.2, 0.25) is 0 Å². The Kier molecular flexibility index (Phi) is 6.34. The van der Waals surface area contributed by atoms with Crippen molar-refractivity contribution in [2.75, 3.05) is 11.1 Å². The van der Waals surface area contributed by atoms with E-state index in [0.29, 0.717) is 12.2 Å². The molecule has 1 aliphatic rings. The van der Waals surface area contributed by atoms with Gasteiger partial charge >= 0.3 is 0 Å². The molecule has 3 nitrogen and oxygen atoms in total. The van der Waals surface area contributed by atoms with Crippen molar-refractivity contribution < 1.29 is 13.9 Å². The van der Waals surface area contributed by atoms with Crippen LogP contribution in [0.15, 0.2) is 53.4 Å². The summed E-state index contributed by atoms with van der Waals surface area (Å²) in [6.07, 6.45) is 5.22. The molecule has 0 bridgehead atoms. The van der Waals surface area contributed by atoms with Gasteiger partial charge in [0.2, 0.25) is 5.91 Å². The van der Waals surface area contributed by atoms with E-state index in [9.17, 15) is 9.18 Å². The fourth-order valence-electron chi connectivity index (χ4n) is 2.86. The maximum absolute atomic E-state index is 12.9. The van der Waals surface area contributed by atoms with E-state index in [1.54, 1.807) is 12.1 Å². The van der Waals surface area contributed by atoms with Crippen molar-refractivity contribution in [1.82, 2.24) is 0 Å². The summed E-state index contributed by atoms with van der Waals surface area (Å²) < 4.78 is 18.9. The smallest absolute Gasteiger partial charge is 0.225 e. The van der Waals surface area contributed by atoms with Crippen molar-refractivity contribution in [3.63, 3.8) is 0 Å². The Morgan fingerprint density at radius 2 is 1.84 bits per heavy atom. The van der Waals surface area contributed by atoms with Crippen LogP contribution in [0.25, 0.3) is 0 Å². The zero-order valence-electron chi connectivity index (χ0n) is 14.0. The van der Waals surface area contributed by atoms with Crippen LogP contribution in [-0.4, -0.2) is 17.8 Å². The van der Waals surface area contributed by atoms with Crippen molar-refractivity contribution >= 4 is 23.4 Å². The standard InChI is InChI=1S/C20H22FNO2S/c21-15-9-11-17(12-10-15)25-14-13-20(23)22-18-7-3-4-8-19(18)24-16-5-1-2-6-16/h3-4,7-12,16H,1-2,5-6,13-14H2,(H,22,23). The maximum Gasteiger partial charge on any atom is 0.225 e. The lowest BCUT2D eigenvalue weighted by Crippen LogP contribution is -2.16. The van der Waals surface area contributed by atoms with Crippen LogP contribution in [0.4, 0.5) is 10.1 Å². The van der Waals surface area contributed by atoms with Gasteiger partial charge in [-0.25, -0.2) is 4.39 Å². The maximum atomic E-state index is 12.9. The number of nitrogens with one attached hydrogen (secondary N) is 1. The minimum absolute atomic E-state index is 0.0444. The number of halogens is 1. The molecule has 3 rings (SSSR count). The van der Waals surface area contributed by atoms with Crippen LogP contribution < -0.4 is 10.1 Å². The average Bonchev–Trinajstić information content (AvgIpc) is 3.11. The van der Waals surface area contributed by atoms with Gasteiger partial charge in [-0.15, -0.1) is 11.8 Å². The molecule has 0 radical (unpaired) electrons. The second-order valence-electron chi connectivity index (χ2n) is 6.12. The SMILES string of the molecule is O=C(CCSc1ccc(F)cc1)Nc1ccccc1OC1CCCC1. The summed E-state index contributed by atoms with van der Waals surface area (Å²) in [5.74, 6) is 1.09. The number of thioether (sulfide) groups is 1. The molecule has 0 aromatic heterocycles. The molecule has 0 atom stereocenters. The monoisotopic (exact) mass is 359 g/mol. The number of carbonyl (C=O) groups excluding carboxylic acids is 1. The fourth-order valence-corrected chi connectivity index (χ4v) is 3.72. The van der Waals surface area contributed by atoms with Crippen molar-refractivity contribution in [1.29, 1.82) is 0 Å². The van der Waals surface area contributed by atoms with E-state index in [-0.39, 0.29) is 17.8 Å². The van der Waals surface area contributed by atoms with Crippen molar-refractivity contribution in [2.24, 2.45) is 0 Å². The van der Waals surface area contributed by atoms with E-state index >= 15 is 0 Å². The van der Waals surface area contributed by atoms with Gasteiger partial charge in [0.15, 0.2) is 0 Å². The molecule has 0 aliphatic heterocycles. The molecule has 0 heterocycles. The van der Waals surface area contributed by atoms with E-state index in [0.717, 1.165) is 29.2 Å². The topological polar surface area (TPSA) is 38.3 Å². The van der Waals surface area contributed by atoms with Gasteiger partial charge < -0.3 is 10.1 Å². The van der Waals surface area contributed by atoms with E-state index in [2.05, 4.69) is 5.32 Å². The van der Waals surface area contributed by atoms with E-state index in [1.807, 2.05) is 24.3 Å². The molecule has 2 aromatic carbocycles. The zero-order chi connectivity index (χ0) is 17.5. The van der Waals surface area contributed by atoms with Gasteiger partial charge in [-0.1, -0.05) is 12.1 Å². The van der Waals surface area contributed by atoms with Crippen molar-refractivity contribution in [2.45, 2.75) is 43.1 Å². The molecule has 1 N–H and O–H groups in total. The van der Waals surface area contributed by atoms with Gasteiger partial charge in [-0.05, 0) is 62.1 Å². The summed E-state index contributed by atoms with van der Waals surface area (Å²) in [6, 6.07) is 13.9. The molecular weight excluding hydrogens is 337 g/mol. The van der Waals surface area contributed by atoms with E-state index < -0.39 is 0 Å². The third-order valence-electron chi connectivity index (χ3n) is 4.17. The summed E-state index contributed by atoms with van der Waals surface area (Å²) >= 11 is 1.54. The quantitative estimate of drug-likeness (QED) is 0.685. The molecule has 1 aliphatic carbocycles. The summed E-state index contributed by atoms with van der Waals surface area (Å²) in [6.45, 7) is 0. The molecule has 0 saturated heterocycles. The molecule has 2 aromatic rings. The highest BCUT2D eigenvalue weighted by Crippen LogP contribution is 2.30. The highest BCUT2D eigenvalue weighted by Gasteiger charge is 2.18. The Morgan fingerprint density at radius 1 is 1.12 bits per heavy atom. The normalized spacial score (nSPS) is 14.4. The third kappa shape index (κ3) is 5.49. The lowest BCUT2D eigenvalue weighted by molar-refractivity contribution is -0.115. The molecule has 0 unspecified atom stereocenters. The second kappa shape index (κ2) is 8.90. The number of amides is 1. The third-order valence-corrected chi connectivity index (χ3v) is 5.18. The number of carbonyl (C=O) groups is 1. The number of benzene rings is 2. The van der Waals surface area contributed by atoms with Gasteiger partial charge in [0.25, 0.3) is 0 Å². The molecule has 1 amide bonds. The Bertz CT molecular complexity index is 699. The lowest BCUT2D eigenvalue weighted by Gasteiger charge is -2.16. The largest absolute Gasteiger partial charge is 0.488 e. The van der Waals surface area contributed by atoms with Gasteiger partial charge in [0.1, 0.15) is 11.6 Å². The van der Waals surface area contributed by atoms with Crippen LogP contribution in [0.5, 0.6) is 5.75 Å². The van der Waals surface area contributed by atoms with Gasteiger partial charge in [0, 0.05) is 17.1 Å². The molecule has 1 fully saturated rings. The van der Waals surface area contributed by atoms with Crippen molar-refractivity contribution in [3.8, 4) is 5.75 Å². The summed E-state index contributed by atoms with van der Waals surface area (Å²) in [4.78, 5) is 13.2. The van der Waals surface area contributed by atoms with E-state index in [1.165, 1.54) is 36.7 Å². The van der Waals surface area contributed by atoms with Crippen LogP contribution in [0.3, 0.4) is 0 Å². The number of para-hydroxylation sites is 2. The predicted molar refractivity (Wildman–Crippen MR) is 99.7 cm³/mol. The number of rotatable bonds is 7. The van der Waals surface area contributed by atoms with Gasteiger partial charge in [-0.2, -0.15) is 0 Å². The van der Waals surface area contributed by atoms with E-state index in [4.69, 9.17) is 4.74 Å². The molecule has 1 saturated carbocycles. The highest BCUT2D eigenvalue weighted by molar-refractivity contribution is 7.99. The Labute approximate surface area is 152 Å². The summed E-state index contributed by atoms with van der Waals surface area (Å²) in [5.41, 5.74) is 0.728. The predicted octanol–water partition coefficient (Wildman–Crippen LogP) is 5.27. The van der Waals surface area contributed by atoms with Crippen molar-refractivity contribution in [3.05, 3.63) is 54.3 Å². The second-order valence-corrected chi connectivity index (χ2v) is 7.29. The first-order chi connectivity index (χ1) is 12.2. The van der Waals surface area contributed by atoms with Gasteiger partial charge in [0.05, 0.1) is 11.8 Å². The first-order valence-electron chi connectivity index (χ1n) is 8.64. The molecule has 5 heteroatoms. The number of ether oxygens (including phenoxy) is 1. The van der Waals surface area contributed by atoms with Crippen LogP contribution in [-0.2, 0) is 4.79 Å². The molecular formula is C20H22FNO2S. The fraction of sp³-hybridized carbons (Fsp3) is 0.350. The van der Waals surface area contributed by atoms with Gasteiger partial charge in [-0.3, -0.25) is 4.79 Å². The zero-order valence-corrected chi connectivity index (χ0v) is 14.9. The summed E-state index contributed by atoms with van der Waals surface area (Å²) in [7, 11) is 0. The minimum Gasteiger partial charge on any atom is -0.488 e. The number of hydrogen-bond donors (Lipinski definition) is 1. The number of hydrogen-bond acceptors (Lipinski definition) is 3. The Balaban J connectivity index is 1.49. The molecule has 132 valence electrons. The lowest BCUT2D eigenvalue weighted by atomic mass is 10.2. The number of anilines is 1. The summed E-state index contributed by atoms with van der Waals surface area (Å²) in [5, 5.41) is 2.94. The molecule has 25 heavy (non-hydrogen) atoms. The van der Waals surface area contributed by atoms with Crippen LogP contribution >= 0.6 is 11.8 Å².